The van der Waals surface area contributed by atoms with Crippen molar-refractivity contribution in [3.63, 3.8) is 0 Å². The van der Waals surface area contributed by atoms with Crippen LogP contribution in [-0.4, -0.2) is 35.8 Å². The first-order valence-corrected chi connectivity index (χ1v) is 15.5. The van der Waals surface area contributed by atoms with Crippen LogP contribution in [0.4, 0.5) is 0 Å². The topological polar surface area (TPSA) is 34.1 Å². The van der Waals surface area contributed by atoms with E-state index in [0.717, 1.165) is 9.54 Å². The molecule has 0 aliphatic carbocycles. The predicted molar refractivity (Wildman–Crippen MR) is 80.8 cm³/mol. The van der Waals surface area contributed by atoms with Crippen LogP contribution in [0.1, 0.15) is 13.8 Å². The molecule has 0 spiro atoms. The second-order valence-electron chi connectivity index (χ2n) is 3.78. The second-order valence-corrected chi connectivity index (χ2v) is 23.4. The molecule has 0 aromatic heterocycles. The van der Waals surface area contributed by atoms with Crippen LogP contribution in [0.2, 0.25) is 14.9 Å². The molecule has 1 rings (SSSR count). The number of hydrogen-bond donors (Lipinski definition) is 0. The van der Waals surface area contributed by atoms with Crippen molar-refractivity contribution in [1.29, 1.82) is 0 Å². The summed E-state index contributed by atoms with van der Waals surface area (Å²) >= 11 is 0.616. The van der Waals surface area contributed by atoms with E-state index >= 15 is 0 Å². The van der Waals surface area contributed by atoms with Crippen LogP contribution in [0.15, 0.2) is 24.3 Å². The zero-order valence-corrected chi connectivity index (χ0v) is 15.0. The molecule has 0 aromatic carbocycles. The van der Waals surface area contributed by atoms with E-state index in [4.69, 9.17) is 0 Å². The van der Waals surface area contributed by atoms with E-state index in [2.05, 4.69) is 13.2 Å². The minimum absolute atomic E-state index is 0.0738. The third kappa shape index (κ3) is 4.62. The summed E-state index contributed by atoms with van der Waals surface area (Å²) < 4.78 is 1.12. The van der Waals surface area contributed by atoms with E-state index < -0.39 is 10.6 Å². The van der Waals surface area contributed by atoms with E-state index in [9.17, 15) is 9.59 Å². The van der Waals surface area contributed by atoms with Gasteiger partial charge in [-0.05, 0) is 0 Å². The van der Waals surface area contributed by atoms with Crippen LogP contribution in [-0.2, 0) is 9.59 Å². The molecule has 17 heavy (non-hydrogen) atoms. The SMILES string of the molecule is C=C(C)C(=O)S[Se]1(SC(=O)C(=C)C)CC[Se]C1. The molecule has 0 saturated carbocycles. The summed E-state index contributed by atoms with van der Waals surface area (Å²) in [4.78, 5) is 23.6. The summed E-state index contributed by atoms with van der Waals surface area (Å²) in [6.07, 6.45) is 0. The van der Waals surface area contributed by atoms with E-state index in [-0.39, 0.29) is 10.2 Å². The molecule has 0 N–H and O–H groups in total. The first-order valence-electron chi connectivity index (χ1n) is 5.01. The Bertz CT molecular complexity index is 344. The standard InChI is InChI=1S/C11H16O2S2Se2/c1-8(2)10(12)14-17(6-5-16-7-17)15-11(13)9(3)4/h1,3,5-7H2,2,4H3. The van der Waals surface area contributed by atoms with Crippen LogP contribution in [0.25, 0.3) is 0 Å². The molecular weight excluding hydrogens is 386 g/mol. The summed E-state index contributed by atoms with van der Waals surface area (Å²) in [6.45, 7) is 10.9. The molecule has 1 aliphatic rings. The van der Waals surface area contributed by atoms with Gasteiger partial charge in [0.15, 0.2) is 0 Å². The summed E-state index contributed by atoms with van der Waals surface area (Å²) in [5.74, 6) is 0. The van der Waals surface area contributed by atoms with Crippen molar-refractivity contribution in [2.75, 3.05) is 0 Å². The summed E-state index contributed by atoms with van der Waals surface area (Å²) in [5.41, 5.74) is 1.18. The van der Waals surface area contributed by atoms with Crippen molar-refractivity contribution >= 4 is 56.2 Å². The first kappa shape index (κ1) is 15.6. The monoisotopic (exact) mass is 404 g/mol. The molecule has 1 saturated heterocycles. The average Bonchev–Trinajstić information content (AvgIpc) is 2.66. The average molecular weight is 402 g/mol. The van der Waals surface area contributed by atoms with Crippen LogP contribution in [0.5, 0.6) is 0 Å². The van der Waals surface area contributed by atoms with Crippen molar-refractivity contribution < 1.29 is 9.59 Å². The molecule has 2 nitrogen and oxygen atoms in total. The molecule has 0 unspecified atom stereocenters. The van der Waals surface area contributed by atoms with E-state index in [1.807, 2.05) is 0 Å². The van der Waals surface area contributed by atoms with Gasteiger partial charge in [0.1, 0.15) is 0 Å². The van der Waals surface area contributed by atoms with Gasteiger partial charge in [-0.25, -0.2) is 0 Å². The maximum atomic E-state index is 11.8. The van der Waals surface area contributed by atoms with Crippen LogP contribution in [0, 0.1) is 0 Å². The van der Waals surface area contributed by atoms with Crippen LogP contribution < -0.4 is 0 Å². The van der Waals surface area contributed by atoms with Gasteiger partial charge < -0.3 is 0 Å². The Balaban J connectivity index is 2.76. The zero-order valence-electron chi connectivity index (χ0n) is 9.99. The molecule has 0 atom stereocenters. The van der Waals surface area contributed by atoms with Crippen molar-refractivity contribution in [2.45, 2.75) is 28.7 Å². The Labute approximate surface area is 118 Å². The molecular formula is C11H16O2S2Se2. The molecule has 96 valence electrons. The fourth-order valence-electron chi connectivity index (χ4n) is 0.997. The Hall–Kier alpha value is 0.559. The van der Waals surface area contributed by atoms with Gasteiger partial charge in [0.05, 0.1) is 0 Å². The minimum atomic E-state index is -2.04. The summed E-state index contributed by atoms with van der Waals surface area (Å²) in [5, 5.41) is 2.44. The Morgan fingerprint density at radius 3 is 1.88 bits per heavy atom. The zero-order chi connectivity index (χ0) is 13.1. The van der Waals surface area contributed by atoms with Gasteiger partial charge in [0, 0.05) is 0 Å². The van der Waals surface area contributed by atoms with E-state index in [1.165, 1.54) is 25.7 Å². The Morgan fingerprint density at radius 2 is 1.59 bits per heavy atom. The number of rotatable bonds is 4. The van der Waals surface area contributed by atoms with E-state index in [1.54, 1.807) is 13.8 Å². The normalized spacial score (nSPS) is 19.6. The van der Waals surface area contributed by atoms with Gasteiger partial charge in [-0.3, -0.25) is 0 Å². The third-order valence-corrected chi connectivity index (χ3v) is 29.3. The molecule has 1 fully saturated rings. The van der Waals surface area contributed by atoms with Gasteiger partial charge >= 0.3 is 119 Å². The second kappa shape index (κ2) is 6.65. The first-order chi connectivity index (χ1) is 7.86. The molecule has 6 heteroatoms. The van der Waals surface area contributed by atoms with Crippen molar-refractivity contribution in [3.8, 4) is 0 Å². The van der Waals surface area contributed by atoms with Gasteiger partial charge in [-0.1, -0.05) is 0 Å². The quantitative estimate of drug-likeness (QED) is 0.535. The molecule has 0 aromatic rings. The third-order valence-electron chi connectivity index (χ3n) is 1.95. The Kier molecular flexibility index (Phi) is 6.11. The number of hydrogen-bond acceptors (Lipinski definition) is 4. The molecule has 1 heterocycles. The van der Waals surface area contributed by atoms with Gasteiger partial charge in [-0.15, -0.1) is 0 Å². The van der Waals surface area contributed by atoms with Gasteiger partial charge in [0.2, 0.25) is 0 Å². The van der Waals surface area contributed by atoms with Crippen molar-refractivity contribution in [3.05, 3.63) is 24.3 Å². The van der Waals surface area contributed by atoms with E-state index in [0.29, 0.717) is 26.1 Å². The van der Waals surface area contributed by atoms with Gasteiger partial charge in [-0.2, -0.15) is 0 Å². The summed E-state index contributed by atoms with van der Waals surface area (Å²) in [6, 6.07) is 0. The number of carbonyl (C=O) groups excluding carboxylic acids is 2. The maximum absolute atomic E-state index is 11.8. The molecule has 0 amide bonds. The van der Waals surface area contributed by atoms with Crippen molar-refractivity contribution in [2.24, 2.45) is 0 Å². The number of carbonyl (C=O) groups is 2. The van der Waals surface area contributed by atoms with Crippen LogP contribution in [0.3, 0.4) is 0 Å². The van der Waals surface area contributed by atoms with Gasteiger partial charge in [0.25, 0.3) is 0 Å². The van der Waals surface area contributed by atoms with Crippen molar-refractivity contribution in [1.82, 2.24) is 0 Å². The fourth-order valence-corrected chi connectivity index (χ4v) is 33.4. The predicted octanol–water partition coefficient (Wildman–Crippen LogP) is 3.19. The molecule has 0 bridgehead atoms. The molecule has 1 aliphatic heterocycles. The van der Waals surface area contributed by atoms with Crippen LogP contribution >= 0.6 is 20.4 Å². The molecule has 0 radical (unpaired) electrons. The Morgan fingerprint density at radius 1 is 1.12 bits per heavy atom. The summed E-state index contributed by atoms with van der Waals surface area (Å²) in [7, 11) is 0.844. The fraction of sp³-hybridized carbons (Fsp3) is 0.455.